The van der Waals surface area contributed by atoms with E-state index < -0.39 is 5.41 Å². The summed E-state index contributed by atoms with van der Waals surface area (Å²) in [6.07, 6.45) is 5.07. The summed E-state index contributed by atoms with van der Waals surface area (Å²) in [7, 11) is 0. The van der Waals surface area contributed by atoms with Crippen molar-refractivity contribution in [3.63, 3.8) is 0 Å². The third-order valence-electron chi connectivity index (χ3n) is 7.06. The van der Waals surface area contributed by atoms with Gasteiger partial charge in [0.2, 0.25) is 5.91 Å². The molecule has 3 rings (SSSR count). The van der Waals surface area contributed by atoms with E-state index in [1.54, 1.807) is 0 Å². The van der Waals surface area contributed by atoms with Crippen LogP contribution in [-0.4, -0.2) is 28.4 Å². The molecule has 2 aromatic carbocycles. The van der Waals surface area contributed by atoms with Gasteiger partial charge in [-0.1, -0.05) is 74.3 Å². The Morgan fingerprint density at radius 3 is 2.42 bits per heavy atom. The Morgan fingerprint density at radius 2 is 1.85 bits per heavy atom. The minimum atomic E-state index is -0.456. The Hall–Kier alpha value is -1.42. The third-order valence-corrected chi connectivity index (χ3v) is 8.57. The highest BCUT2D eigenvalue weighted by Gasteiger charge is 2.52. The van der Waals surface area contributed by atoms with Crippen molar-refractivity contribution in [3.05, 3.63) is 82.4 Å². The van der Waals surface area contributed by atoms with Gasteiger partial charge in [-0.2, -0.15) is 11.8 Å². The Labute approximate surface area is 213 Å². The Bertz CT molecular complexity index is 947. The van der Waals surface area contributed by atoms with Crippen molar-refractivity contribution in [2.24, 2.45) is 5.41 Å². The lowest BCUT2D eigenvalue weighted by Crippen LogP contribution is -2.56. The van der Waals surface area contributed by atoms with Gasteiger partial charge in [0, 0.05) is 27.8 Å². The standard InChI is InChI=1S/C28H35Cl2NOS/c1-5-16-28(7-3)18-25(21-10-9-11-23(30)17-21)26(20-12-14-22(29)15-13-20)31(27(28)32)24(6-2)19-33-8-4/h5,9-15,17,24-26H,1,6-8,16,18-19H2,2-4H3/t24?,25-,26-,28+/m1/s1. The number of halogens is 2. The van der Waals surface area contributed by atoms with E-state index in [9.17, 15) is 4.79 Å². The number of amides is 1. The number of benzene rings is 2. The first kappa shape index (κ1) is 26.2. The van der Waals surface area contributed by atoms with E-state index in [1.807, 2.05) is 42.1 Å². The van der Waals surface area contributed by atoms with Crippen molar-refractivity contribution >= 4 is 40.9 Å². The van der Waals surface area contributed by atoms with Crippen LogP contribution in [0.1, 0.15) is 69.5 Å². The summed E-state index contributed by atoms with van der Waals surface area (Å²) in [6, 6.07) is 16.3. The van der Waals surface area contributed by atoms with E-state index in [-0.39, 0.29) is 23.9 Å². The number of likely N-dealkylation sites (tertiary alicyclic amines) is 1. The lowest BCUT2D eigenvalue weighted by atomic mass is 9.65. The SMILES string of the molecule is C=CC[C@@]1(CC)C[C@H](c2cccc(Cl)c2)[C@@H](c2ccc(Cl)cc2)N(C(CC)CSCC)C1=O. The van der Waals surface area contributed by atoms with Crippen molar-refractivity contribution in [1.29, 1.82) is 0 Å². The first-order chi connectivity index (χ1) is 15.9. The fourth-order valence-corrected chi connectivity index (χ4v) is 6.46. The second-order valence-electron chi connectivity index (χ2n) is 8.92. The van der Waals surface area contributed by atoms with Crippen molar-refractivity contribution in [2.75, 3.05) is 11.5 Å². The topological polar surface area (TPSA) is 20.3 Å². The highest BCUT2D eigenvalue weighted by atomic mass is 35.5. The number of piperidine rings is 1. The first-order valence-corrected chi connectivity index (χ1v) is 13.8. The van der Waals surface area contributed by atoms with E-state index in [2.05, 4.69) is 56.5 Å². The maximum atomic E-state index is 14.3. The monoisotopic (exact) mass is 503 g/mol. The van der Waals surface area contributed by atoms with Crippen LogP contribution in [0.5, 0.6) is 0 Å². The van der Waals surface area contributed by atoms with Crippen LogP contribution in [-0.2, 0) is 4.79 Å². The fraction of sp³-hybridized carbons (Fsp3) is 0.464. The molecule has 1 saturated heterocycles. The molecule has 1 unspecified atom stereocenters. The molecule has 0 aliphatic carbocycles. The minimum Gasteiger partial charge on any atom is -0.331 e. The zero-order chi connectivity index (χ0) is 24.0. The maximum absolute atomic E-state index is 14.3. The van der Waals surface area contributed by atoms with Crippen LogP contribution in [0.3, 0.4) is 0 Å². The quantitative estimate of drug-likeness (QED) is 0.302. The van der Waals surface area contributed by atoms with E-state index in [0.717, 1.165) is 41.4 Å². The van der Waals surface area contributed by atoms with Gasteiger partial charge in [-0.05, 0) is 66.8 Å². The Kier molecular flexibility index (Phi) is 9.38. The molecule has 0 N–H and O–H groups in total. The molecule has 0 radical (unpaired) electrons. The summed E-state index contributed by atoms with van der Waals surface area (Å²) in [5, 5.41) is 1.43. The minimum absolute atomic E-state index is 0.0693. The predicted molar refractivity (Wildman–Crippen MR) is 144 cm³/mol. The number of allylic oxidation sites excluding steroid dienone is 1. The average molecular weight is 505 g/mol. The van der Waals surface area contributed by atoms with Gasteiger partial charge in [0.25, 0.3) is 0 Å². The van der Waals surface area contributed by atoms with E-state index >= 15 is 0 Å². The smallest absolute Gasteiger partial charge is 0.229 e. The van der Waals surface area contributed by atoms with Crippen LogP contribution >= 0.6 is 35.0 Å². The summed E-state index contributed by atoms with van der Waals surface area (Å²) in [6.45, 7) is 10.5. The van der Waals surface area contributed by atoms with Crippen molar-refractivity contribution in [3.8, 4) is 0 Å². The maximum Gasteiger partial charge on any atom is 0.229 e. The second-order valence-corrected chi connectivity index (χ2v) is 11.1. The molecule has 2 nitrogen and oxygen atoms in total. The molecule has 1 fully saturated rings. The van der Waals surface area contributed by atoms with Crippen LogP contribution in [0.25, 0.3) is 0 Å². The van der Waals surface area contributed by atoms with Crippen molar-refractivity contribution in [2.45, 2.75) is 64.5 Å². The molecule has 1 heterocycles. The molecule has 0 spiro atoms. The van der Waals surface area contributed by atoms with Gasteiger partial charge in [-0.25, -0.2) is 0 Å². The highest BCUT2D eigenvalue weighted by Crippen LogP contribution is 2.53. The molecular formula is C28H35Cl2NOS. The van der Waals surface area contributed by atoms with Crippen molar-refractivity contribution < 1.29 is 4.79 Å². The zero-order valence-electron chi connectivity index (χ0n) is 19.9. The number of rotatable bonds is 10. The highest BCUT2D eigenvalue weighted by molar-refractivity contribution is 7.99. The van der Waals surface area contributed by atoms with Gasteiger partial charge in [0.15, 0.2) is 0 Å². The van der Waals surface area contributed by atoms with Crippen molar-refractivity contribution in [1.82, 2.24) is 4.90 Å². The molecule has 1 aliphatic rings. The fourth-order valence-electron chi connectivity index (χ4n) is 5.23. The molecular weight excluding hydrogens is 469 g/mol. The van der Waals surface area contributed by atoms with Crippen LogP contribution in [0.2, 0.25) is 10.0 Å². The van der Waals surface area contributed by atoms with Gasteiger partial charge in [0.05, 0.1) is 11.5 Å². The molecule has 0 saturated carbocycles. The van der Waals surface area contributed by atoms with E-state index in [0.29, 0.717) is 11.4 Å². The molecule has 1 aliphatic heterocycles. The van der Waals surface area contributed by atoms with Gasteiger partial charge < -0.3 is 4.90 Å². The van der Waals surface area contributed by atoms with Crippen LogP contribution in [0, 0.1) is 5.41 Å². The van der Waals surface area contributed by atoms with Gasteiger partial charge >= 0.3 is 0 Å². The van der Waals surface area contributed by atoms with Gasteiger partial charge in [-0.15, -0.1) is 6.58 Å². The summed E-state index contributed by atoms with van der Waals surface area (Å²) in [5.41, 5.74) is 1.85. The first-order valence-electron chi connectivity index (χ1n) is 11.9. The third kappa shape index (κ3) is 5.63. The molecule has 5 heteroatoms. The molecule has 2 aromatic rings. The summed E-state index contributed by atoms with van der Waals surface area (Å²) in [4.78, 5) is 16.6. The van der Waals surface area contributed by atoms with Gasteiger partial charge in [-0.3, -0.25) is 4.79 Å². The summed E-state index contributed by atoms with van der Waals surface area (Å²) >= 11 is 14.6. The van der Waals surface area contributed by atoms with Crippen LogP contribution in [0.4, 0.5) is 0 Å². The second kappa shape index (κ2) is 11.8. The van der Waals surface area contributed by atoms with E-state index in [4.69, 9.17) is 23.2 Å². The molecule has 178 valence electrons. The van der Waals surface area contributed by atoms with Crippen LogP contribution < -0.4 is 0 Å². The Morgan fingerprint density at radius 1 is 1.12 bits per heavy atom. The number of nitrogens with zero attached hydrogens (tertiary/aromatic N) is 1. The predicted octanol–water partition coefficient (Wildman–Crippen LogP) is 8.55. The van der Waals surface area contributed by atoms with E-state index in [1.165, 1.54) is 5.56 Å². The lowest BCUT2D eigenvalue weighted by molar-refractivity contribution is -0.155. The zero-order valence-corrected chi connectivity index (χ0v) is 22.2. The lowest BCUT2D eigenvalue weighted by Gasteiger charge is -2.53. The van der Waals surface area contributed by atoms with Gasteiger partial charge in [0.1, 0.15) is 0 Å². The number of carbonyl (C=O) groups is 1. The molecule has 33 heavy (non-hydrogen) atoms. The number of thioether (sulfide) groups is 1. The largest absolute Gasteiger partial charge is 0.331 e. The molecule has 0 aromatic heterocycles. The summed E-state index contributed by atoms with van der Waals surface area (Å²) < 4.78 is 0. The average Bonchev–Trinajstić information content (AvgIpc) is 2.82. The summed E-state index contributed by atoms with van der Waals surface area (Å²) in [5.74, 6) is 2.35. The Balaban J connectivity index is 2.23. The number of carbonyl (C=O) groups excluding carboxylic acids is 1. The number of hydrogen-bond acceptors (Lipinski definition) is 2. The normalized spacial score (nSPS) is 24.0. The van der Waals surface area contributed by atoms with Crippen LogP contribution in [0.15, 0.2) is 61.2 Å². The molecule has 1 amide bonds. The molecule has 0 bridgehead atoms. The number of hydrogen-bond donors (Lipinski definition) is 0. The molecule has 4 atom stereocenters.